The number of nitrogens with one attached hydrogen (secondary N) is 2. The van der Waals surface area contributed by atoms with Crippen LogP contribution in [0, 0.1) is 0 Å². The summed E-state index contributed by atoms with van der Waals surface area (Å²) in [4.78, 5) is 4.41. The third kappa shape index (κ3) is 1.79. The van der Waals surface area contributed by atoms with Crippen molar-refractivity contribution in [1.82, 2.24) is 15.6 Å². The highest BCUT2D eigenvalue weighted by Gasteiger charge is 2.31. The SMILES string of the molecule is CC1CNCC(C)(c2ccccn2)N1. The molecule has 1 saturated heterocycles. The molecule has 0 radical (unpaired) electrons. The first-order chi connectivity index (χ1) is 6.71. The normalized spacial score (nSPS) is 32.9. The summed E-state index contributed by atoms with van der Waals surface area (Å²) in [6.07, 6.45) is 1.85. The molecule has 2 rings (SSSR count). The molecule has 76 valence electrons. The van der Waals surface area contributed by atoms with Crippen LogP contribution in [0.15, 0.2) is 24.4 Å². The first-order valence-electron chi connectivity index (χ1n) is 5.11. The van der Waals surface area contributed by atoms with Crippen LogP contribution in [-0.4, -0.2) is 24.1 Å². The average molecular weight is 191 g/mol. The molecule has 1 aromatic heterocycles. The van der Waals surface area contributed by atoms with Gasteiger partial charge in [0.25, 0.3) is 0 Å². The van der Waals surface area contributed by atoms with Gasteiger partial charge in [0, 0.05) is 25.3 Å². The van der Waals surface area contributed by atoms with Gasteiger partial charge in [0.1, 0.15) is 0 Å². The van der Waals surface area contributed by atoms with E-state index in [-0.39, 0.29) is 5.54 Å². The smallest absolute Gasteiger partial charge is 0.0708 e. The summed E-state index contributed by atoms with van der Waals surface area (Å²) in [5.74, 6) is 0. The number of pyridine rings is 1. The summed E-state index contributed by atoms with van der Waals surface area (Å²) in [7, 11) is 0. The molecular formula is C11H17N3. The molecule has 0 aromatic carbocycles. The van der Waals surface area contributed by atoms with E-state index in [9.17, 15) is 0 Å². The Labute approximate surface area is 84.9 Å². The van der Waals surface area contributed by atoms with E-state index in [1.165, 1.54) is 0 Å². The quantitative estimate of drug-likeness (QED) is 0.692. The maximum absolute atomic E-state index is 4.41. The highest BCUT2D eigenvalue weighted by Crippen LogP contribution is 2.20. The third-order valence-corrected chi connectivity index (χ3v) is 2.72. The molecule has 3 nitrogen and oxygen atoms in total. The van der Waals surface area contributed by atoms with E-state index in [0.29, 0.717) is 6.04 Å². The second kappa shape index (κ2) is 3.67. The van der Waals surface area contributed by atoms with Gasteiger partial charge in [-0.05, 0) is 26.0 Å². The number of rotatable bonds is 1. The number of hydrogen-bond acceptors (Lipinski definition) is 3. The molecule has 14 heavy (non-hydrogen) atoms. The second-order valence-corrected chi connectivity index (χ2v) is 4.22. The van der Waals surface area contributed by atoms with Crippen molar-refractivity contribution in [2.75, 3.05) is 13.1 Å². The lowest BCUT2D eigenvalue weighted by Crippen LogP contribution is -2.59. The van der Waals surface area contributed by atoms with Crippen LogP contribution in [0.2, 0.25) is 0 Å². The fourth-order valence-electron chi connectivity index (χ4n) is 2.04. The summed E-state index contributed by atoms with van der Waals surface area (Å²) in [6, 6.07) is 6.56. The zero-order valence-corrected chi connectivity index (χ0v) is 8.75. The van der Waals surface area contributed by atoms with Crippen LogP contribution in [0.3, 0.4) is 0 Å². The number of piperazine rings is 1. The van der Waals surface area contributed by atoms with Gasteiger partial charge in [-0.3, -0.25) is 4.98 Å². The summed E-state index contributed by atoms with van der Waals surface area (Å²) in [5.41, 5.74) is 1.08. The van der Waals surface area contributed by atoms with Gasteiger partial charge in [-0.2, -0.15) is 0 Å². The van der Waals surface area contributed by atoms with Gasteiger partial charge in [-0.1, -0.05) is 6.07 Å². The first kappa shape index (κ1) is 9.62. The number of aromatic nitrogens is 1. The van der Waals surface area contributed by atoms with E-state index in [1.807, 2.05) is 18.3 Å². The highest BCUT2D eigenvalue weighted by atomic mass is 15.1. The molecule has 2 atom stereocenters. The van der Waals surface area contributed by atoms with Crippen molar-refractivity contribution in [3.05, 3.63) is 30.1 Å². The van der Waals surface area contributed by atoms with Crippen LogP contribution in [0.4, 0.5) is 0 Å². The molecule has 2 unspecified atom stereocenters. The second-order valence-electron chi connectivity index (χ2n) is 4.22. The van der Waals surface area contributed by atoms with E-state index in [4.69, 9.17) is 0 Å². The van der Waals surface area contributed by atoms with Crippen molar-refractivity contribution in [1.29, 1.82) is 0 Å². The monoisotopic (exact) mass is 191 g/mol. The van der Waals surface area contributed by atoms with Crippen molar-refractivity contribution in [2.45, 2.75) is 25.4 Å². The molecule has 1 aromatic rings. The van der Waals surface area contributed by atoms with E-state index in [2.05, 4.69) is 35.5 Å². The van der Waals surface area contributed by atoms with Gasteiger partial charge in [0.15, 0.2) is 0 Å². The lowest BCUT2D eigenvalue weighted by atomic mass is 9.93. The largest absolute Gasteiger partial charge is 0.313 e. The fourth-order valence-corrected chi connectivity index (χ4v) is 2.04. The topological polar surface area (TPSA) is 37.0 Å². The molecule has 0 spiro atoms. The van der Waals surface area contributed by atoms with Crippen molar-refractivity contribution >= 4 is 0 Å². The molecule has 0 saturated carbocycles. The zero-order chi connectivity index (χ0) is 10.0. The summed E-state index contributed by atoms with van der Waals surface area (Å²) >= 11 is 0. The van der Waals surface area contributed by atoms with Crippen LogP contribution >= 0.6 is 0 Å². The predicted octanol–water partition coefficient (Wildman–Crippen LogP) is 0.878. The Kier molecular flexibility index (Phi) is 2.52. The van der Waals surface area contributed by atoms with Gasteiger partial charge in [0.2, 0.25) is 0 Å². The Balaban J connectivity index is 2.23. The van der Waals surface area contributed by atoms with Crippen LogP contribution in [-0.2, 0) is 5.54 Å². The van der Waals surface area contributed by atoms with Crippen LogP contribution < -0.4 is 10.6 Å². The summed E-state index contributed by atoms with van der Waals surface area (Å²) in [6.45, 7) is 6.35. The molecule has 0 amide bonds. The summed E-state index contributed by atoms with van der Waals surface area (Å²) < 4.78 is 0. The van der Waals surface area contributed by atoms with E-state index < -0.39 is 0 Å². The molecule has 1 fully saturated rings. The Hall–Kier alpha value is -0.930. The maximum atomic E-state index is 4.41. The number of hydrogen-bond donors (Lipinski definition) is 2. The van der Waals surface area contributed by atoms with Gasteiger partial charge < -0.3 is 10.6 Å². The minimum absolute atomic E-state index is 0.0288. The molecule has 1 aliphatic heterocycles. The van der Waals surface area contributed by atoms with E-state index in [1.54, 1.807) is 0 Å². The van der Waals surface area contributed by atoms with Crippen LogP contribution in [0.25, 0.3) is 0 Å². The minimum Gasteiger partial charge on any atom is -0.313 e. The van der Waals surface area contributed by atoms with Crippen molar-refractivity contribution in [3.63, 3.8) is 0 Å². The third-order valence-electron chi connectivity index (χ3n) is 2.72. The maximum Gasteiger partial charge on any atom is 0.0708 e. The van der Waals surface area contributed by atoms with Gasteiger partial charge in [-0.25, -0.2) is 0 Å². The van der Waals surface area contributed by atoms with Crippen molar-refractivity contribution < 1.29 is 0 Å². The lowest BCUT2D eigenvalue weighted by molar-refractivity contribution is 0.249. The predicted molar refractivity (Wildman–Crippen MR) is 57.1 cm³/mol. The molecule has 2 N–H and O–H groups in total. The van der Waals surface area contributed by atoms with Crippen LogP contribution in [0.5, 0.6) is 0 Å². The van der Waals surface area contributed by atoms with Gasteiger partial charge in [0.05, 0.1) is 11.2 Å². The molecule has 1 aliphatic rings. The van der Waals surface area contributed by atoms with E-state index in [0.717, 1.165) is 18.8 Å². The lowest BCUT2D eigenvalue weighted by Gasteiger charge is -2.38. The van der Waals surface area contributed by atoms with Crippen LogP contribution in [0.1, 0.15) is 19.5 Å². The van der Waals surface area contributed by atoms with Crippen molar-refractivity contribution in [3.8, 4) is 0 Å². The average Bonchev–Trinajstić information content (AvgIpc) is 2.19. The Bertz CT molecular complexity index is 299. The summed E-state index contributed by atoms with van der Waals surface area (Å²) in [5, 5.41) is 7.01. The Morgan fingerprint density at radius 1 is 1.50 bits per heavy atom. The van der Waals surface area contributed by atoms with Crippen molar-refractivity contribution in [2.24, 2.45) is 0 Å². The molecule has 0 bridgehead atoms. The molecule has 2 heterocycles. The standard InChI is InChI=1S/C11H17N3/c1-9-7-12-8-11(2,14-9)10-5-3-4-6-13-10/h3-6,9,12,14H,7-8H2,1-2H3. The van der Waals surface area contributed by atoms with E-state index >= 15 is 0 Å². The Morgan fingerprint density at radius 2 is 2.36 bits per heavy atom. The Morgan fingerprint density at radius 3 is 3.00 bits per heavy atom. The molecular weight excluding hydrogens is 174 g/mol. The van der Waals surface area contributed by atoms with Gasteiger partial charge in [-0.15, -0.1) is 0 Å². The molecule has 3 heteroatoms. The zero-order valence-electron chi connectivity index (χ0n) is 8.75. The highest BCUT2D eigenvalue weighted by molar-refractivity contribution is 5.16. The molecule has 0 aliphatic carbocycles. The minimum atomic E-state index is -0.0288. The first-order valence-corrected chi connectivity index (χ1v) is 5.11. The number of nitrogens with zero attached hydrogens (tertiary/aromatic N) is 1. The van der Waals surface area contributed by atoms with Gasteiger partial charge >= 0.3 is 0 Å². The fraction of sp³-hybridized carbons (Fsp3) is 0.545.